The Morgan fingerprint density at radius 1 is 0.609 bits per heavy atom. The average molecular weight is 646 g/mol. The molecular weight excluding hydrogens is 599 g/mol. The van der Waals surface area contributed by atoms with Crippen LogP contribution in [0.2, 0.25) is 5.04 Å². The maximum absolute atomic E-state index is 15.4. The van der Waals surface area contributed by atoms with Crippen molar-refractivity contribution in [2.75, 3.05) is 12.8 Å². The van der Waals surface area contributed by atoms with E-state index in [0.29, 0.717) is 19.4 Å². The van der Waals surface area contributed by atoms with Crippen molar-refractivity contribution in [3.8, 4) is 0 Å². The molecule has 0 heterocycles. The zero-order chi connectivity index (χ0) is 32.3. The van der Waals surface area contributed by atoms with Crippen molar-refractivity contribution < 1.29 is 8.82 Å². The molecule has 0 aliphatic rings. The highest BCUT2D eigenvalue weighted by Gasteiger charge is 2.50. The molecule has 0 amide bonds. The minimum absolute atomic E-state index is 0.0160. The second-order valence-corrected chi connectivity index (χ2v) is 20.9. The van der Waals surface area contributed by atoms with E-state index in [0.717, 1.165) is 19.0 Å². The summed E-state index contributed by atoms with van der Waals surface area (Å²) in [5, 5.41) is 6.50. The topological polar surface area (TPSA) is 9.23 Å². The fourth-order valence-electron chi connectivity index (χ4n) is 6.78. The number of rotatable bonds is 14. The normalized spacial score (nSPS) is 12.7. The SMILES string of the molecule is CC(C)(C)[Si](OCCCCC(F)=CCC[P+](c1ccccc1)(c1ccccc1)c1ccccc1)(c1ccccc1)c1ccccc1. The first-order valence-corrected chi connectivity index (χ1v) is 20.4. The summed E-state index contributed by atoms with van der Waals surface area (Å²) in [4.78, 5) is 0. The summed E-state index contributed by atoms with van der Waals surface area (Å²) in [6, 6.07) is 53.9. The molecule has 5 aromatic rings. The van der Waals surface area contributed by atoms with Crippen molar-refractivity contribution in [2.45, 2.75) is 51.5 Å². The first-order chi connectivity index (χ1) is 22.4. The molecule has 0 bridgehead atoms. The lowest BCUT2D eigenvalue weighted by Crippen LogP contribution is -2.66. The van der Waals surface area contributed by atoms with Gasteiger partial charge in [0.1, 0.15) is 23.2 Å². The van der Waals surface area contributed by atoms with Crippen LogP contribution in [0.3, 0.4) is 0 Å². The molecule has 46 heavy (non-hydrogen) atoms. The highest BCUT2D eigenvalue weighted by molar-refractivity contribution is 7.95. The lowest BCUT2D eigenvalue weighted by atomic mass is 10.2. The van der Waals surface area contributed by atoms with Gasteiger partial charge in [-0.2, -0.15) is 0 Å². The molecule has 0 unspecified atom stereocenters. The van der Waals surface area contributed by atoms with Crippen molar-refractivity contribution in [1.82, 2.24) is 0 Å². The summed E-state index contributed by atoms with van der Waals surface area (Å²) >= 11 is 0. The maximum Gasteiger partial charge on any atom is 0.261 e. The number of halogens is 1. The maximum atomic E-state index is 15.4. The molecular formula is C42H47FOPSi+. The van der Waals surface area contributed by atoms with E-state index >= 15 is 4.39 Å². The molecule has 0 saturated heterocycles. The van der Waals surface area contributed by atoms with Crippen LogP contribution in [0.25, 0.3) is 0 Å². The Labute approximate surface area is 277 Å². The van der Waals surface area contributed by atoms with E-state index in [-0.39, 0.29) is 10.9 Å². The van der Waals surface area contributed by atoms with E-state index in [9.17, 15) is 0 Å². The van der Waals surface area contributed by atoms with Crippen LogP contribution in [0.4, 0.5) is 4.39 Å². The van der Waals surface area contributed by atoms with Gasteiger partial charge >= 0.3 is 0 Å². The van der Waals surface area contributed by atoms with Gasteiger partial charge in [0.2, 0.25) is 0 Å². The van der Waals surface area contributed by atoms with Gasteiger partial charge in [0.15, 0.2) is 0 Å². The molecule has 1 nitrogen and oxygen atoms in total. The van der Waals surface area contributed by atoms with Gasteiger partial charge in [0, 0.05) is 13.0 Å². The van der Waals surface area contributed by atoms with E-state index in [1.165, 1.54) is 26.3 Å². The van der Waals surface area contributed by atoms with E-state index in [2.05, 4.69) is 172 Å². The van der Waals surface area contributed by atoms with Crippen molar-refractivity contribution >= 4 is 41.9 Å². The van der Waals surface area contributed by atoms with Gasteiger partial charge < -0.3 is 4.43 Å². The summed E-state index contributed by atoms with van der Waals surface area (Å²) in [6.45, 7) is 7.51. The van der Waals surface area contributed by atoms with Crippen LogP contribution in [-0.4, -0.2) is 21.1 Å². The van der Waals surface area contributed by atoms with Crippen LogP contribution >= 0.6 is 7.26 Å². The van der Waals surface area contributed by atoms with Crippen LogP contribution in [0, 0.1) is 0 Å². The Hall–Kier alpha value is -3.62. The fourth-order valence-corrected chi connectivity index (χ4v) is 15.6. The number of benzene rings is 5. The monoisotopic (exact) mass is 645 g/mol. The van der Waals surface area contributed by atoms with E-state index in [4.69, 9.17) is 4.43 Å². The molecule has 0 N–H and O–H groups in total. The highest BCUT2D eigenvalue weighted by Crippen LogP contribution is 2.55. The van der Waals surface area contributed by atoms with Gasteiger partial charge in [-0.1, -0.05) is 136 Å². The molecule has 0 aromatic heterocycles. The predicted molar refractivity (Wildman–Crippen MR) is 201 cm³/mol. The van der Waals surface area contributed by atoms with Gasteiger partial charge in [-0.3, -0.25) is 0 Å². The Morgan fingerprint density at radius 3 is 1.39 bits per heavy atom. The standard InChI is InChI=1S/C42H47FOPSi/c1-42(2,3)46(40-30-15-7-16-31-40,41-32-17-8-18-33-41)44-34-20-19-22-36(43)23-21-35-45(37-24-9-4-10-25-37,38-26-11-5-12-27-38)39-28-13-6-14-29-39/h4-18,23-33H,19-22,34-35H2,1-3H3/q+1. The minimum Gasteiger partial charge on any atom is -0.407 e. The summed E-state index contributed by atoms with van der Waals surface area (Å²) in [5.41, 5.74) is 0. The summed E-state index contributed by atoms with van der Waals surface area (Å²) in [6.07, 6.45) is 5.44. The second kappa shape index (κ2) is 15.8. The Balaban J connectivity index is 1.28. The summed E-state index contributed by atoms with van der Waals surface area (Å²) in [7, 11) is -4.54. The van der Waals surface area contributed by atoms with Gasteiger partial charge in [-0.15, -0.1) is 0 Å². The molecule has 5 aromatic carbocycles. The van der Waals surface area contributed by atoms with E-state index < -0.39 is 15.6 Å². The van der Waals surface area contributed by atoms with Crippen LogP contribution in [0.1, 0.15) is 46.5 Å². The van der Waals surface area contributed by atoms with Crippen molar-refractivity contribution in [2.24, 2.45) is 0 Å². The van der Waals surface area contributed by atoms with Crippen LogP contribution in [-0.2, 0) is 4.43 Å². The van der Waals surface area contributed by atoms with Crippen molar-refractivity contribution in [1.29, 1.82) is 0 Å². The first kappa shape index (κ1) is 33.7. The second-order valence-electron chi connectivity index (χ2n) is 12.9. The van der Waals surface area contributed by atoms with Gasteiger partial charge in [-0.05, 0) is 77.1 Å². The van der Waals surface area contributed by atoms with Crippen LogP contribution in [0.5, 0.6) is 0 Å². The largest absolute Gasteiger partial charge is 0.407 e. The van der Waals surface area contributed by atoms with E-state index in [1.54, 1.807) is 0 Å². The molecule has 0 aliphatic heterocycles. The number of hydrogen-bond acceptors (Lipinski definition) is 1. The third kappa shape index (κ3) is 7.50. The number of allylic oxidation sites excluding steroid dienone is 2. The smallest absolute Gasteiger partial charge is 0.261 e. The fraction of sp³-hybridized carbons (Fsp3) is 0.238. The zero-order valence-electron chi connectivity index (χ0n) is 27.5. The predicted octanol–water partition coefficient (Wildman–Crippen LogP) is 8.97. The third-order valence-corrected chi connectivity index (χ3v) is 18.5. The lowest BCUT2D eigenvalue weighted by molar-refractivity contribution is 0.287. The molecule has 5 rings (SSSR count). The molecule has 0 atom stereocenters. The molecule has 0 saturated carbocycles. The van der Waals surface area contributed by atoms with Crippen LogP contribution < -0.4 is 26.3 Å². The molecule has 0 fully saturated rings. The first-order valence-electron chi connectivity index (χ1n) is 16.5. The molecule has 4 heteroatoms. The Kier molecular flexibility index (Phi) is 11.6. The molecule has 0 radical (unpaired) electrons. The molecule has 236 valence electrons. The quantitative estimate of drug-likeness (QED) is 0.0666. The number of unbranched alkanes of at least 4 members (excludes halogenated alkanes) is 1. The van der Waals surface area contributed by atoms with Gasteiger partial charge in [0.05, 0.1) is 12.0 Å². The van der Waals surface area contributed by atoms with Gasteiger partial charge in [0.25, 0.3) is 8.32 Å². The Bertz CT molecular complexity index is 1500. The van der Waals surface area contributed by atoms with E-state index in [1.807, 2.05) is 6.08 Å². The van der Waals surface area contributed by atoms with Gasteiger partial charge in [-0.25, -0.2) is 4.39 Å². The lowest BCUT2D eigenvalue weighted by Gasteiger charge is -2.43. The van der Waals surface area contributed by atoms with Crippen molar-refractivity contribution in [3.63, 3.8) is 0 Å². The highest BCUT2D eigenvalue weighted by atomic mass is 31.2. The molecule has 0 spiro atoms. The average Bonchev–Trinajstić information content (AvgIpc) is 3.10. The Morgan fingerprint density at radius 2 is 1.00 bits per heavy atom. The third-order valence-electron chi connectivity index (χ3n) is 8.97. The minimum atomic E-state index is -2.57. The summed E-state index contributed by atoms with van der Waals surface area (Å²) < 4.78 is 22.4. The number of hydrogen-bond donors (Lipinski definition) is 0. The van der Waals surface area contributed by atoms with Crippen molar-refractivity contribution in [3.05, 3.63) is 164 Å². The van der Waals surface area contributed by atoms with Crippen LogP contribution in [0.15, 0.2) is 164 Å². The summed E-state index contributed by atoms with van der Waals surface area (Å²) in [5.74, 6) is -0.0160. The molecule has 0 aliphatic carbocycles. The zero-order valence-corrected chi connectivity index (χ0v) is 29.4.